The summed E-state index contributed by atoms with van der Waals surface area (Å²) >= 11 is 0. The highest BCUT2D eigenvalue weighted by Gasteiger charge is 2.62. The molecule has 4 saturated carbocycles. The SMILES string of the molecule is C[C@H]1C[C@@]2(C)[C@@H](CC[C@@H]3[C@@H]2[C@@H](O)C[C@]2(C)[C@@H](C)CC[C@@H]32)C[C@@H]1O. The number of rotatable bonds is 0. The monoisotopic (exact) mass is 320 g/mol. The molecule has 10 atom stereocenters. The first-order valence-electron chi connectivity index (χ1n) is 10.1. The lowest BCUT2D eigenvalue weighted by atomic mass is 9.43. The van der Waals surface area contributed by atoms with E-state index in [1.54, 1.807) is 0 Å². The molecule has 2 N–H and O–H groups in total. The summed E-state index contributed by atoms with van der Waals surface area (Å²) in [6.45, 7) is 9.56. The summed E-state index contributed by atoms with van der Waals surface area (Å²) in [6, 6.07) is 0. The van der Waals surface area contributed by atoms with Crippen LogP contribution in [0.15, 0.2) is 0 Å². The second-order valence-electron chi connectivity index (χ2n) is 10.3. The molecule has 0 amide bonds. The second-order valence-corrected chi connectivity index (χ2v) is 10.3. The van der Waals surface area contributed by atoms with Gasteiger partial charge in [0.1, 0.15) is 0 Å². The molecule has 4 aliphatic rings. The summed E-state index contributed by atoms with van der Waals surface area (Å²) < 4.78 is 0. The van der Waals surface area contributed by atoms with Gasteiger partial charge in [-0.15, -0.1) is 0 Å². The maximum absolute atomic E-state index is 11.2. The van der Waals surface area contributed by atoms with E-state index in [0.29, 0.717) is 23.2 Å². The molecule has 0 aromatic rings. The Morgan fingerprint density at radius 2 is 1.57 bits per heavy atom. The summed E-state index contributed by atoms with van der Waals surface area (Å²) in [5.41, 5.74) is 0.609. The van der Waals surface area contributed by atoms with Crippen LogP contribution in [0, 0.1) is 46.3 Å². The van der Waals surface area contributed by atoms with E-state index in [1.807, 2.05) is 0 Å². The van der Waals surface area contributed by atoms with Crippen molar-refractivity contribution < 1.29 is 10.2 Å². The molecular formula is C21H36O2. The molecule has 23 heavy (non-hydrogen) atoms. The first kappa shape index (κ1) is 16.4. The molecule has 0 bridgehead atoms. The van der Waals surface area contributed by atoms with Gasteiger partial charge in [-0.05, 0) is 91.3 Å². The minimum Gasteiger partial charge on any atom is -0.393 e. The molecule has 4 rings (SSSR count). The van der Waals surface area contributed by atoms with Crippen LogP contribution in [-0.4, -0.2) is 22.4 Å². The first-order valence-corrected chi connectivity index (χ1v) is 10.1. The normalized spacial score (nSPS) is 62.3. The van der Waals surface area contributed by atoms with E-state index in [-0.39, 0.29) is 17.6 Å². The highest BCUT2D eigenvalue weighted by Crippen LogP contribution is 2.67. The minimum absolute atomic E-state index is 0.123. The smallest absolute Gasteiger partial charge is 0.0581 e. The maximum Gasteiger partial charge on any atom is 0.0581 e. The van der Waals surface area contributed by atoms with Crippen molar-refractivity contribution in [3.8, 4) is 0 Å². The Hall–Kier alpha value is -0.0800. The molecular weight excluding hydrogens is 284 g/mol. The third kappa shape index (κ3) is 2.13. The van der Waals surface area contributed by atoms with Crippen LogP contribution in [0.1, 0.15) is 72.6 Å². The Kier molecular flexibility index (Phi) is 3.71. The number of hydrogen-bond donors (Lipinski definition) is 2. The van der Waals surface area contributed by atoms with E-state index in [1.165, 1.54) is 25.7 Å². The van der Waals surface area contributed by atoms with E-state index in [4.69, 9.17) is 0 Å². The van der Waals surface area contributed by atoms with Gasteiger partial charge in [-0.25, -0.2) is 0 Å². The Morgan fingerprint density at radius 3 is 2.30 bits per heavy atom. The van der Waals surface area contributed by atoms with Crippen LogP contribution >= 0.6 is 0 Å². The Labute approximate surface area is 142 Å². The predicted octanol–water partition coefficient (Wildman–Crippen LogP) is 4.24. The minimum atomic E-state index is -0.128. The summed E-state index contributed by atoms with van der Waals surface area (Å²) in [5.74, 6) is 3.79. The fraction of sp³-hybridized carbons (Fsp3) is 1.00. The van der Waals surface area contributed by atoms with Gasteiger partial charge in [0, 0.05) is 0 Å². The fourth-order valence-corrected chi connectivity index (χ4v) is 7.97. The molecule has 2 heteroatoms. The van der Waals surface area contributed by atoms with Crippen LogP contribution in [0.25, 0.3) is 0 Å². The zero-order valence-corrected chi connectivity index (χ0v) is 15.5. The van der Waals surface area contributed by atoms with Crippen LogP contribution in [0.3, 0.4) is 0 Å². The Bertz CT molecular complexity index is 476. The van der Waals surface area contributed by atoms with Gasteiger partial charge >= 0.3 is 0 Å². The number of fused-ring (bicyclic) bond motifs is 5. The van der Waals surface area contributed by atoms with Crippen LogP contribution in [0.5, 0.6) is 0 Å². The third-order valence-corrected chi connectivity index (χ3v) is 9.41. The molecule has 0 aliphatic heterocycles. The van der Waals surface area contributed by atoms with E-state index in [0.717, 1.165) is 37.0 Å². The molecule has 4 aliphatic carbocycles. The third-order valence-electron chi connectivity index (χ3n) is 9.41. The molecule has 0 heterocycles. The van der Waals surface area contributed by atoms with Crippen LogP contribution in [0.2, 0.25) is 0 Å². The molecule has 4 fully saturated rings. The lowest BCUT2D eigenvalue weighted by Crippen LogP contribution is -2.59. The van der Waals surface area contributed by atoms with Crippen molar-refractivity contribution in [1.82, 2.24) is 0 Å². The maximum atomic E-state index is 11.2. The summed E-state index contributed by atoms with van der Waals surface area (Å²) in [7, 11) is 0. The second kappa shape index (κ2) is 5.21. The van der Waals surface area contributed by atoms with Crippen LogP contribution in [0.4, 0.5) is 0 Å². The molecule has 0 unspecified atom stereocenters. The summed E-state index contributed by atoms with van der Waals surface area (Å²) in [5, 5.41) is 21.6. The summed E-state index contributed by atoms with van der Waals surface area (Å²) in [6.07, 6.45) is 8.13. The van der Waals surface area contributed by atoms with Crippen molar-refractivity contribution in [2.24, 2.45) is 46.3 Å². The lowest BCUT2D eigenvalue weighted by Gasteiger charge is -2.63. The van der Waals surface area contributed by atoms with Crippen molar-refractivity contribution in [2.75, 3.05) is 0 Å². The molecule has 2 nitrogen and oxygen atoms in total. The molecule has 0 spiro atoms. The first-order chi connectivity index (χ1) is 10.8. The van der Waals surface area contributed by atoms with Gasteiger partial charge in [0.05, 0.1) is 12.2 Å². The van der Waals surface area contributed by atoms with Gasteiger partial charge < -0.3 is 10.2 Å². The highest BCUT2D eigenvalue weighted by atomic mass is 16.3. The number of aliphatic hydroxyl groups is 2. The van der Waals surface area contributed by atoms with Crippen molar-refractivity contribution in [3.63, 3.8) is 0 Å². The predicted molar refractivity (Wildman–Crippen MR) is 92.8 cm³/mol. The van der Waals surface area contributed by atoms with E-state index >= 15 is 0 Å². The van der Waals surface area contributed by atoms with Crippen molar-refractivity contribution in [2.45, 2.75) is 84.8 Å². The lowest BCUT2D eigenvalue weighted by molar-refractivity contribution is -0.185. The molecule has 0 aromatic carbocycles. The van der Waals surface area contributed by atoms with Gasteiger partial charge in [0.2, 0.25) is 0 Å². The van der Waals surface area contributed by atoms with Crippen molar-refractivity contribution >= 4 is 0 Å². The standard InChI is InChI=1S/C21H36O2/c1-12-10-21(4)14(9-17(12)22)6-7-15-16-8-5-13(2)20(16,3)11-18(23)19(15)21/h12-19,22-23H,5-11H2,1-4H3/t12-,13-,14-,15-,16-,17-,18-,19+,20+,21-/m0/s1. The Balaban J connectivity index is 1.68. The zero-order valence-electron chi connectivity index (χ0n) is 15.5. The van der Waals surface area contributed by atoms with Gasteiger partial charge in [-0.1, -0.05) is 27.7 Å². The fourth-order valence-electron chi connectivity index (χ4n) is 7.97. The molecule has 132 valence electrons. The quantitative estimate of drug-likeness (QED) is 0.701. The van der Waals surface area contributed by atoms with Gasteiger partial charge in [0.25, 0.3) is 0 Å². The van der Waals surface area contributed by atoms with Crippen LogP contribution in [-0.2, 0) is 0 Å². The van der Waals surface area contributed by atoms with Crippen LogP contribution < -0.4 is 0 Å². The van der Waals surface area contributed by atoms with E-state index in [9.17, 15) is 10.2 Å². The Morgan fingerprint density at radius 1 is 0.826 bits per heavy atom. The average Bonchev–Trinajstić information content (AvgIpc) is 2.76. The van der Waals surface area contributed by atoms with Crippen molar-refractivity contribution in [3.05, 3.63) is 0 Å². The van der Waals surface area contributed by atoms with Crippen molar-refractivity contribution in [1.29, 1.82) is 0 Å². The average molecular weight is 321 g/mol. The van der Waals surface area contributed by atoms with E-state index in [2.05, 4.69) is 27.7 Å². The molecule has 0 radical (unpaired) electrons. The van der Waals surface area contributed by atoms with E-state index < -0.39 is 0 Å². The molecule has 0 aromatic heterocycles. The summed E-state index contributed by atoms with van der Waals surface area (Å²) in [4.78, 5) is 0. The number of aliphatic hydroxyl groups excluding tert-OH is 2. The van der Waals surface area contributed by atoms with Gasteiger partial charge in [-0.3, -0.25) is 0 Å². The van der Waals surface area contributed by atoms with Gasteiger partial charge in [0.15, 0.2) is 0 Å². The largest absolute Gasteiger partial charge is 0.393 e. The van der Waals surface area contributed by atoms with Gasteiger partial charge in [-0.2, -0.15) is 0 Å². The highest BCUT2D eigenvalue weighted by molar-refractivity contribution is 5.11. The number of hydrogen-bond acceptors (Lipinski definition) is 2. The molecule has 0 saturated heterocycles. The topological polar surface area (TPSA) is 40.5 Å². The zero-order chi connectivity index (χ0) is 16.6.